The summed E-state index contributed by atoms with van der Waals surface area (Å²) < 4.78 is 0. The van der Waals surface area contributed by atoms with Crippen molar-refractivity contribution in [2.45, 2.75) is 0 Å². The molecule has 9 aromatic rings. The Labute approximate surface area is 268 Å². The standard InChI is InChI=1S/C46H30/c1-2-16-33(17-3-1)45-41-24-10-11-25-42(41)46(40-23-9-8-22-39(40)38-27-13-19-32-15-5-7-21-36(32)38)44-30-34(28-29-43(44)45)37-26-12-18-31-14-4-6-20-35(31)37/h1-30H. The minimum absolute atomic E-state index is 1.22. The Balaban J connectivity index is 1.43. The third kappa shape index (κ3) is 4.23. The average molecular weight is 583 g/mol. The molecule has 214 valence electrons. The zero-order valence-electron chi connectivity index (χ0n) is 25.3. The van der Waals surface area contributed by atoms with Gasteiger partial charge in [-0.25, -0.2) is 0 Å². The van der Waals surface area contributed by atoms with Crippen LogP contribution in [0.4, 0.5) is 0 Å². The molecular weight excluding hydrogens is 553 g/mol. The van der Waals surface area contributed by atoms with Crippen molar-refractivity contribution in [2.75, 3.05) is 0 Å². The number of hydrogen-bond donors (Lipinski definition) is 0. The minimum Gasteiger partial charge on any atom is -0.0622 e. The predicted octanol–water partition coefficient (Wildman–Crippen LogP) is 13.0. The van der Waals surface area contributed by atoms with E-state index in [1.165, 1.54) is 87.6 Å². The van der Waals surface area contributed by atoms with Gasteiger partial charge >= 0.3 is 0 Å². The van der Waals surface area contributed by atoms with Crippen molar-refractivity contribution in [2.24, 2.45) is 0 Å². The van der Waals surface area contributed by atoms with Gasteiger partial charge in [-0.1, -0.05) is 176 Å². The molecule has 0 heteroatoms. The van der Waals surface area contributed by atoms with Crippen LogP contribution in [0.5, 0.6) is 0 Å². The van der Waals surface area contributed by atoms with Crippen LogP contribution in [0.3, 0.4) is 0 Å². The van der Waals surface area contributed by atoms with Crippen molar-refractivity contribution < 1.29 is 0 Å². The molecule has 0 aliphatic carbocycles. The number of fused-ring (bicyclic) bond motifs is 4. The monoisotopic (exact) mass is 582 g/mol. The van der Waals surface area contributed by atoms with Gasteiger partial charge in [0.25, 0.3) is 0 Å². The van der Waals surface area contributed by atoms with E-state index in [-0.39, 0.29) is 0 Å². The van der Waals surface area contributed by atoms with E-state index in [9.17, 15) is 0 Å². The first-order chi connectivity index (χ1) is 22.8. The normalized spacial score (nSPS) is 11.5. The van der Waals surface area contributed by atoms with E-state index in [4.69, 9.17) is 0 Å². The molecule has 0 radical (unpaired) electrons. The Morgan fingerprint density at radius 3 is 1.41 bits per heavy atom. The highest BCUT2D eigenvalue weighted by Crippen LogP contribution is 2.47. The lowest BCUT2D eigenvalue weighted by Crippen LogP contribution is -1.94. The third-order valence-electron chi connectivity index (χ3n) is 9.46. The van der Waals surface area contributed by atoms with E-state index in [0.717, 1.165) is 0 Å². The van der Waals surface area contributed by atoms with E-state index in [1.807, 2.05) is 0 Å². The zero-order valence-corrected chi connectivity index (χ0v) is 25.3. The van der Waals surface area contributed by atoms with Crippen molar-refractivity contribution in [1.82, 2.24) is 0 Å². The fourth-order valence-corrected chi connectivity index (χ4v) is 7.43. The van der Waals surface area contributed by atoms with E-state index < -0.39 is 0 Å². The molecular formula is C46H30. The molecule has 9 aromatic carbocycles. The lowest BCUT2D eigenvalue weighted by atomic mass is 9.82. The lowest BCUT2D eigenvalue weighted by Gasteiger charge is -2.21. The molecule has 0 unspecified atom stereocenters. The van der Waals surface area contributed by atoms with Gasteiger partial charge in [-0.15, -0.1) is 0 Å². The van der Waals surface area contributed by atoms with Gasteiger partial charge in [0.15, 0.2) is 0 Å². The Bertz CT molecular complexity index is 2560. The van der Waals surface area contributed by atoms with Crippen molar-refractivity contribution >= 4 is 43.1 Å². The van der Waals surface area contributed by atoms with Gasteiger partial charge in [-0.2, -0.15) is 0 Å². The predicted molar refractivity (Wildman–Crippen MR) is 198 cm³/mol. The summed E-state index contributed by atoms with van der Waals surface area (Å²) in [6.07, 6.45) is 0. The summed E-state index contributed by atoms with van der Waals surface area (Å²) in [6.45, 7) is 0. The van der Waals surface area contributed by atoms with E-state index in [2.05, 4.69) is 182 Å². The summed E-state index contributed by atoms with van der Waals surface area (Å²) >= 11 is 0. The Hall–Kier alpha value is -5.98. The maximum atomic E-state index is 2.44. The van der Waals surface area contributed by atoms with Gasteiger partial charge in [0, 0.05) is 0 Å². The summed E-state index contributed by atoms with van der Waals surface area (Å²) in [5, 5.41) is 10.1. The van der Waals surface area contributed by atoms with Crippen LogP contribution in [0, 0.1) is 0 Å². The van der Waals surface area contributed by atoms with Gasteiger partial charge in [0.2, 0.25) is 0 Å². The first-order valence-corrected chi connectivity index (χ1v) is 15.9. The maximum Gasteiger partial charge on any atom is -0.00199 e. The van der Waals surface area contributed by atoms with Crippen LogP contribution in [0.25, 0.3) is 87.6 Å². The molecule has 0 amide bonds. The van der Waals surface area contributed by atoms with Gasteiger partial charge in [-0.3, -0.25) is 0 Å². The maximum absolute atomic E-state index is 2.44. The molecule has 0 atom stereocenters. The SMILES string of the molecule is c1ccc(-c2c3ccccc3c(-c3ccccc3-c3cccc4ccccc34)c3cc(-c4cccc5ccccc45)ccc23)cc1. The molecule has 0 saturated heterocycles. The summed E-state index contributed by atoms with van der Waals surface area (Å²) in [7, 11) is 0. The van der Waals surface area contributed by atoms with Gasteiger partial charge in [0.05, 0.1) is 0 Å². The fourth-order valence-electron chi connectivity index (χ4n) is 7.43. The summed E-state index contributed by atoms with van der Waals surface area (Å²) in [5.41, 5.74) is 10.0. The molecule has 0 spiro atoms. The second-order valence-corrected chi connectivity index (χ2v) is 12.0. The zero-order chi connectivity index (χ0) is 30.5. The third-order valence-corrected chi connectivity index (χ3v) is 9.46. The van der Waals surface area contributed by atoms with Crippen LogP contribution >= 0.6 is 0 Å². The van der Waals surface area contributed by atoms with Crippen molar-refractivity contribution in [3.63, 3.8) is 0 Å². The quantitative estimate of drug-likeness (QED) is 0.181. The first kappa shape index (κ1) is 26.4. The van der Waals surface area contributed by atoms with Crippen LogP contribution < -0.4 is 0 Å². The molecule has 0 heterocycles. The highest BCUT2D eigenvalue weighted by molar-refractivity contribution is 6.23. The molecule has 46 heavy (non-hydrogen) atoms. The van der Waals surface area contributed by atoms with Gasteiger partial charge in [0.1, 0.15) is 0 Å². The average Bonchev–Trinajstić information content (AvgIpc) is 3.13. The van der Waals surface area contributed by atoms with Crippen molar-refractivity contribution in [3.05, 3.63) is 182 Å². The molecule has 0 N–H and O–H groups in total. The van der Waals surface area contributed by atoms with Crippen molar-refractivity contribution in [1.29, 1.82) is 0 Å². The number of hydrogen-bond acceptors (Lipinski definition) is 0. The highest BCUT2D eigenvalue weighted by Gasteiger charge is 2.20. The van der Waals surface area contributed by atoms with Crippen LogP contribution in [0.1, 0.15) is 0 Å². The van der Waals surface area contributed by atoms with Crippen LogP contribution in [-0.4, -0.2) is 0 Å². The Morgan fingerprint density at radius 1 is 0.217 bits per heavy atom. The summed E-state index contributed by atoms with van der Waals surface area (Å²) in [5.74, 6) is 0. The second kappa shape index (κ2) is 10.9. The Kier molecular flexibility index (Phi) is 6.25. The molecule has 0 aliphatic rings. The summed E-state index contributed by atoms with van der Waals surface area (Å²) in [6, 6.07) is 66.6. The van der Waals surface area contributed by atoms with E-state index in [0.29, 0.717) is 0 Å². The fraction of sp³-hybridized carbons (Fsp3) is 0. The molecule has 9 rings (SSSR count). The lowest BCUT2D eigenvalue weighted by molar-refractivity contribution is 1.62. The smallest absolute Gasteiger partial charge is 0.00199 e. The van der Waals surface area contributed by atoms with Gasteiger partial charge in [-0.05, 0) is 93.7 Å². The van der Waals surface area contributed by atoms with E-state index in [1.54, 1.807) is 0 Å². The molecule has 0 aromatic heterocycles. The molecule has 0 bridgehead atoms. The van der Waals surface area contributed by atoms with Crippen LogP contribution in [-0.2, 0) is 0 Å². The van der Waals surface area contributed by atoms with Crippen LogP contribution in [0.2, 0.25) is 0 Å². The van der Waals surface area contributed by atoms with Crippen molar-refractivity contribution in [3.8, 4) is 44.5 Å². The highest BCUT2D eigenvalue weighted by atomic mass is 14.2. The molecule has 0 saturated carbocycles. The van der Waals surface area contributed by atoms with E-state index >= 15 is 0 Å². The second-order valence-electron chi connectivity index (χ2n) is 12.0. The Morgan fingerprint density at radius 2 is 0.696 bits per heavy atom. The molecule has 0 nitrogen and oxygen atoms in total. The number of rotatable bonds is 4. The van der Waals surface area contributed by atoms with Gasteiger partial charge < -0.3 is 0 Å². The van der Waals surface area contributed by atoms with Crippen LogP contribution in [0.15, 0.2) is 182 Å². The summed E-state index contributed by atoms with van der Waals surface area (Å²) in [4.78, 5) is 0. The largest absolute Gasteiger partial charge is 0.0622 e. The topological polar surface area (TPSA) is 0 Å². The number of benzene rings is 9. The molecule has 0 fully saturated rings. The minimum atomic E-state index is 1.22. The first-order valence-electron chi connectivity index (χ1n) is 15.9. The molecule has 0 aliphatic heterocycles.